The first-order valence-electron chi connectivity index (χ1n) is 5.82. The molecular weight excluding hydrogens is 308 g/mol. The van der Waals surface area contributed by atoms with E-state index in [1.807, 2.05) is 12.1 Å². The number of alkyl halides is 1. The summed E-state index contributed by atoms with van der Waals surface area (Å²) in [5.41, 5.74) is 0.661. The maximum Gasteiger partial charge on any atom is 0.328 e. The minimum atomic E-state index is -0.947. The van der Waals surface area contributed by atoms with Gasteiger partial charge in [0.05, 0.1) is 0 Å². The smallest absolute Gasteiger partial charge is 0.328 e. The molecule has 98 valence electrons. The Hall–Kier alpha value is -1.65. The van der Waals surface area contributed by atoms with E-state index >= 15 is 0 Å². The number of esters is 1. The van der Waals surface area contributed by atoms with Gasteiger partial charge >= 0.3 is 5.97 Å². The van der Waals surface area contributed by atoms with Crippen molar-refractivity contribution in [2.75, 3.05) is 0 Å². The van der Waals surface area contributed by atoms with Crippen LogP contribution < -0.4 is 4.74 Å². The highest BCUT2D eigenvalue weighted by molar-refractivity contribution is 9.10. The summed E-state index contributed by atoms with van der Waals surface area (Å²) >= 11 is 3.18. The Bertz CT molecular complexity index is 528. The van der Waals surface area contributed by atoms with E-state index < -0.39 is 16.9 Å². The van der Waals surface area contributed by atoms with Crippen molar-refractivity contribution < 1.29 is 14.6 Å². The van der Waals surface area contributed by atoms with Crippen LogP contribution in [0, 0.1) is 0 Å². The molecule has 0 radical (unpaired) electrons. The van der Waals surface area contributed by atoms with Gasteiger partial charge in [0.1, 0.15) is 16.7 Å². The van der Waals surface area contributed by atoms with E-state index in [4.69, 9.17) is 4.74 Å². The lowest BCUT2D eigenvalue weighted by Gasteiger charge is -2.16. The molecule has 0 aromatic heterocycles. The zero-order valence-electron chi connectivity index (χ0n) is 10.1. The molecule has 0 fully saturated rings. The van der Waals surface area contributed by atoms with Gasteiger partial charge in [0, 0.05) is 0 Å². The molecule has 0 aliphatic heterocycles. The van der Waals surface area contributed by atoms with Crippen LogP contribution in [0.25, 0.3) is 0 Å². The van der Waals surface area contributed by atoms with E-state index in [2.05, 4.69) is 15.9 Å². The molecule has 0 spiro atoms. The Labute approximate surface area is 120 Å². The van der Waals surface area contributed by atoms with Crippen LogP contribution in [0.4, 0.5) is 0 Å². The number of aliphatic hydroxyl groups excluding tert-OH is 1. The molecule has 2 aromatic carbocycles. The van der Waals surface area contributed by atoms with Crippen LogP contribution in [0.3, 0.4) is 0 Å². The number of para-hydroxylation sites is 1. The molecule has 3 nitrogen and oxygen atoms in total. The number of carbonyl (C=O) groups is 1. The van der Waals surface area contributed by atoms with E-state index in [0.29, 0.717) is 11.3 Å². The van der Waals surface area contributed by atoms with Crippen molar-refractivity contribution in [3.63, 3.8) is 0 Å². The number of hydrogen-bond acceptors (Lipinski definition) is 3. The molecule has 4 heteroatoms. The third-order valence-electron chi connectivity index (χ3n) is 2.61. The summed E-state index contributed by atoms with van der Waals surface area (Å²) < 4.78 is 5.17. The van der Waals surface area contributed by atoms with Crippen LogP contribution in [0.15, 0.2) is 60.7 Å². The molecule has 19 heavy (non-hydrogen) atoms. The molecular formula is C15H13BrO3. The number of benzene rings is 2. The zero-order chi connectivity index (χ0) is 13.7. The van der Waals surface area contributed by atoms with Gasteiger partial charge in [0.2, 0.25) is 0 Å². The van der Waals surface area contributed by atoms with Gasteiger partial charge in [-0.05, 0) is 17.7 Å². The lowest BCUT2D eigenvalue weighted by Crippen LogP contribution is -2.26. The number of aliphatic hydroxyl groups is 1. The Morgan fingerprint density at radius 2 is 1.53 bits per heavy atom. The fourth-order valence-electron chi connectivity index (χ4n) is 1.61. The van der Waals surface area contributed by atoms with Crippen molar-refractivity contribution in [3.05, 3.63) is 66.2 Å². The first kappa shape index (κ1) is 13.8. The predicted molar refractivity (Wildman–Crippen MR) is 76.2 cm³/mol. The standard InChI is InChI=1S/C15H13BrO3/c16-13(14(17)11-7-3-1-4-8-11)15(18)19-12-9-5-2-6-10-12/h1-10,13-14,17H. The Balaban J connectivity index is 2.03. The van der Waals surface area contributed by atoms with E-state index in [-0.39, 0.29) is 0 Å². The molecule has 2 unspecified atom stereocenters. The quantitative estimate of drug-likeness (QED) is 0.535. The van der Waals surface area contributed by atoms with Crippen LogP contribution in [0.5, 0.6) is 5.75 Å². The highest BCUT2D eigenvalue weighted by Crippen LogP contribution is 2.24. The summed E-state index contributed by atoms with van der Waals surface area (Å²) in [6.07, 6.45) is -0.947. The minimum Gasteiger partial charge on any atom is -0.426 e. The van der Waals surface area contributed by atoms with Gasteiger partial charge in [-0.15, -0.1) is 0 Å². The van der Waals surface area contributed by atoms with Gasteiger partial charge in [0.25, 0.3) is 0 Å². The van der Waals surface area contributed by atoms with Crippen LogP contribution >= 0.6 is 15.9 Å². The summed E-state index contributed by atoms with van der Waals surface area (Å²) in [7, 11) is 0. The molecule has 2 rings (SSSR count). The topological polar surface area (TPSA) is 46.5 Å². The molecule has 0 heterocycles. The van der Waals surface area contributed by atoms with Gasteiger partial charge in [-0.2, -0.15) is 0 Å². The van der Waals surface area contributed by atoms with E-state index in [1.165, 1.54) is 0 Å². The molecule has 2 aromatic rings. The lowest BCUT2D eigenvalue weighted by molar-refractivity contribution is -0.135. The second-order valence-corrected chi connectivity index (χ2v) is 4.98. The van der Waals surface area contributed by atoms with Crippen LogP contribution in [0.2, 0.25) is 0 Å². The number of hydrogen-bond donors (Lipinski definition) is 1. The maximum atomic E-state index is 11.9. The molecule has 2 atom stereocenters. The Kier molecular flexibility index (Phi) is 4.71. The lowest BCUT2D eigenvalue weighted by atomic mass is 10.1. The van der Waals surface area contributed by atoms with E-state index in [9.17, 15) is 9.90 Å². The van der Waals surface area contributed by atoms with Gasteiger partial charge in [-0.3, -0.25) is 4.79 Å². The number of ether oxygens (including phenoxy) is 1. The Morgan fingerprint density at radius 3 is 2.11 bits per heavy atom. The van der Waals surface area contributed by atoms with Crippen molar-refractivity contribution in [2.24, 2.45) is 0 Å². The van der Waals surface area contributed by atoms with Crippen LogP contribution in [-0.2, 0) is 4.79 Å². The molecule has 0 aliphatic rings. The second kappa shape index (κ2) is 6.50. The van der Waals surface area contributed by atoms with Crippen molar-refractivity contribution in [1.82, 2.24) is 0 Å². The maximum absolute atomic E-state index is 11.9. The summed E-state index contributed by atoms with van der Waals surface area (Å²) in [5.74, 6) is -0.0697. The second-order valence-electron chi connectivity index (χ2n) is 3.99. The van der Waals surface area contributed by atoms with Gasteiger partial charge in [-0.1, -0.05) is 64.5 Å². The number of rotatable bonds is 4. The molecule has 1 N–H and O–H groups in total. The Morgan fingerprint density at radius 1 is 1.00 bits per heavy atom. The van der Waals surface area contributed by atoms with Gasteiger partial charge in [-0.25, -0.2) is 0 Å². The summed E-state index contributed by atoms with van der Waals surface area (Å²) in [5, 5.41) is 10.1. The zero-order valence-corrected chi connectivity index (χ0v) is 11.7. The van der Waals surface area contributed by atoms with Crippen LogP contribution in [0.1, 0.15) is 11.7 Å². The molecule has 0 saturated heterocycles. The first-order valence-corrected chi connectivity index (χ1v) is 6.74. The van der Waals surface area contributed by atoms with E-state index in [0.717, 1.165) is 0 Å². The third-order valence-corrected chi connectivity index (χ3v) is 3.48. The average Bonchev–Trinajstić information content (AvgIpc) is 2.47. The highest BCUT2D eigenvalue weighted by atomic mass is 79.9. The van der Waals surface area contributed by atoms with Crippen molar-refractivity contribution in [1.29, 1.82) is 0 Å². The molecule has 0 aliphatic carbocycles. The summed E-state index contributed by atoms with van der Waals surface area (Å²) in [6, 6.07) is 17.7. The molecule has 0 amide bonds. The van der Waals surface area contributed by atoms with Crippen molar-refractivity contribution in [3.8, 4) is 5.75 Å². The number of carbonyl (C=O) groups excluding carboxylic acids is 1. The predicted octanol–water partition coefficient (Wildman–Crippen LogP) is 3.09. The third kappa shape index (κ3) is 3.66. The first-order chi connectivity index (χ1) is 9.18. The SMILES string of the molecule is O=C(Oc1ccccc1)C(Br)C(O)c1ccccc1. The number of halogens is 1. The highest BCUT2D eigenvalue weighted by Gasteiger charge is 2.27. The van der Waals surface area contributed by atoms with Crippen molar-refractivity contribution >= 4 is 21.9 Å². The largest absolute Gasteiger partial charge is 0.426 e. The molecule has 0 bridgehead atoms. The molecule has 0 saturated carbocycles. The van der Waals surface area contributed by atoms with Crippen molar-refractivity contribution in [2.45, 2.75) is 10.9 Å². The minimum absolute atomic E-state index is 0.456. The fraction of sp³-hybridized carbons (Fsp3) is 0.133. The van der Waals surface area contributed by atoms with Crippen LogP contribution in [-0.4, -0.2) is 15.9 Å². The normalized spacial score (nSPS) is 13.6. The summed E-state index contributed by atoms with van der Waals surface area (Å²) in [6.45, 7) is 0. The average molecular weight is 321 g/mol. The van der Waals surface area contributed by atoms with Gasteiger partial charge < -0.3 is 9.84 Å². The summed E-state index contributed by atoms with van der Waals surface area (Å²) in [4.78, 5) is 11.1. The fourth-order valence-corrected chi connectivity index (χ4v) is 2.01. The van der Waals surface area contributed by atoms with Gasteiger partial charge in [0.15, 0.2) is 0 Å². The monoisotopic (exact) mass is 320 g/mol. The van der Waals surface area contributed by atoms with E-state index in [1.54, 1.807) is 48.5 Å².